The number of nitrogens with zero attached hydrogens (tertiary/aromatic N) is 2. The van der Waals surface area contributed by atoms with Crippen LogP contribution in [0.5, 0.6) is 11.5 Å². The zero-order chi connectivity index (χ0) is 16.3. The molecule has 0 aromatic heterocycles. The number of hydrogen-bond donors (Lipinski definition) is 1. The highest BCUT2D eigenvalue weighted by molar-refractivity contribution is 5.68. The summed E-state index contributed by atoms with van der Waals surface area (Å²) < 4.78 is 10.6. The zero-order valence-corrected chi connectivity index (χ0v) is 13.6. The van der Waals surface area contributed by atoms with Crippen LogP contribution in [0.1, 0.15) is 20.8 Å². The van der Waals surface area contributed by atoms with Gasteiger partial charge in [-0.05, 0) is 20.8 Å². The van der Waals surface area contributed by atoms with Gasteiger partial charge in [0, 0.05) is 50.1 Å². The number of methoxy groups -OCH3 is 1. The van der Waals surface area contributed by atoms with E-state index in [-0.39, 0.29) is 11.8 Å². The van der Waals surface area contributed by atoms with E-state index in [0.29, 0.717) is 31.9 Å². The zero-order valence-electron chi connectivity index (χ0n) is 13.6. The molecule has 0 unspecified atom stereocenters. The van der Waals surface area contributed by atoms with E-state index in [4.69, 9.17) is 9.47 Å². The predicted octanol–water partition coefficient (Wildman–Crippen LogP) is 2.46. The Bertz CT molecular complexity index is 531. The summed E-state index contributed by atoms with van der Waals surface area (Å²) >= 11 is 0. The molecule has 1 amide bonds. The van der Waals surface area contributed by atoms with Gasteiger partial charge in [0.25, 0.3) is 0 Å². The molecule has 22 heavy (non-hydrogen) atoms. The molecule has 122 valence electrons. The average Bonchev–Trinajstić information content (AvgIpc) is 2.45. The molecule has 0 bridgehead atoms. The number of aromatic hydroxyl groups is 1. The van der Waals surface area contributed by atoms with Gasteiger partial charge < -0.3 is 24.4 Å². The van der Waals surface area contributed by atoms with Crippen molar-refractivity contribution in [3.05, 3.63) is 18.2 Å². The molecule has 1 aliphatic heterocycles. The lowest BCUT2D eigenvalue weighted by Gasteiger charge is -2.36. The van der Waals surface area contributed by atoms with Gasteiger partial charge in [-0.25, -0.2) is 4.79 Å². The van der Waals surface area contributed by atoms with E-state index < -0.39 is 5.60 Å². The minimum Gasteiger partial charge on any atom is -0.508 e. The third-order valence-corrected chi connectivity index (χ3v) is 3.41. The second kappa shape index (κ2) is 6.34. The largest absolute Gasteiger partial charge is 0.508 e. The van der Waals surface area contributed by atoms with Crippen LogP contribution in [0.25, 0.3) is 0 Å². The molecule has 0 aliphatic carbocycles. The molecule has 0 radical (unpaired) electrons. The summed E-state index contributed by atoms with van der Waals surface area (Å²) in [4.78, 5) is 15.9. The minimum atomic E-state index is -0.479. The van der Waals surface area contributed by atoms with E-state index in [2.05, 4.69) is 4.90 Å². The summed E-state index contributed by atoms with van der Waals surface area (Å²) in [5.74, 6) is 0.786. The van der Waals surface area contributed by atoms with Crippen molar-refractivity contribution < 1.29 is 19.4 Å². The molecule has 1 aliphatic rings. The van der Waals surface area contributed by atoms with Gasteiger partial charge in [-0.1, -0.05) is 0 Å². The van der Waals surface area contributed by atoms with Crippen LogP contribution in [-0.4, -0.2) is 55.0 Å². The van der Waals surface area contributed by atoms with Crippen molar-refractivity contribution in [2.75, 3.05) is 38.2 Å². The van der Waals surface area contributed by atoms with Crippen LogP contribution in [0.15, 0.2) is 18.2 Å². The third kappa shape index (κ3) is 4.19. The highest BCUT2D eigenvalue weighted by atomic mass is 16.6. The Balaban J connectivity index is 1.97. The van der Waals surface area contributed by atoms with Crippen molar-refractivity contribution in [2.24, 2.45) is 0 Å². The molecule has 0 saturated carbocycles. The quantitative estimate of drug-likeness (QED) is 0.909. The van der Waals surface area contributed by atoms with E-state index in [1.54, 1.807) is 24.1 Å². The van der Waals surface area contributed by atoms with Crippen molar-refractivity contribution in [2.45, 2.75) is 26.4 Å². The Labute approximate surface area is 131 Å². The van der Waals surface area contributed by atoms with E-state index >= 15 is 0 Å². The lowest BCUT2D eigenvalue weighted by Crippen LogP contribution is -2.50. The van der Waals surface area contributed by atoms with Crippen molar-refractivity contribution in [1.29, 1.82) is 0 Å². The van der Waals surface area contributed by atoms with Crippen molar-refractivity contribution >= 4 is 11.8 Å². The second-order valence-corrected chi connectivity index (χ2v) is 6.34. The predicted molar refractivity (Wildman–Crippen MR) is 84.7 cm³/mol. The van der Waals surface area contributed by atoms with Gasteiger partial charge in [-0.3, -0.25) is 0 Å². The maximum atomic E-state index is 12.0. The first-order valence-corrected chi connectivity index (χ1v) is 7.39. The summed E-state index contributed by atoms with van der Waals surface area (Å²) in [6, 6.07) is 5.15. The van der Waals surface area contributed by atoms with Crippen molar-refractivity contribution in [1.82, 2.24) is 4.90 Å². The molecule has 1 N–H and O–H groups in total. The first-order valence-electron chi connectivity index (χ1n) is 7.39. The number of hydrogen-bond acceptors (Lipinski definition) is 5. The fourth-order valence-corrected chi connectivity index (χ4v) is 2.34. The Morgan fingerprint density at radius 2 is 1.77 bits per heavy atom. The van der Waals surface area contributed by atoms with Crippen LogP contribution in [0.3, 0.4) is 0 Å². The van der Waals surface area contributed by atoms with Gasteiger partial charge >= 0.3 is 6.09 Å². The molecular formula is C16H24N2O4. The standard InChI is InChI=1S/C16H24N2O4/c1-16(2,3)22-15(20)18-7-5-17(6-8-18)12-9-13(19)11-14(10-12)21-4/h9-11,19H,5-8H2,1-4H3. The molecular weight excluding hydrogens is 284 g/mol. The molecule has 1 aromatic rings. The Morgan fingerprint density at radius 1 is 1.14 bits per heavy atom. The maximum Gasteiger partial charge on any atom is 0.410 e. The van der Waals surface area contributed by atoms with Gasteiger partial charge in [0.1, 0.15) is 17.1 Å². The molecule has 1 heterocycles. The Hall–Kier alpha value is -2.11. The van der Waals surface area contributed by atoms with Gasteiger partial charge in [0.15, 0.2) is 0 Å². The lowest BCUT2D eigenvalue weighted by molar-refractivity contribution is 0.0240. The molecule has 1 fully saturated rings. The van der Waals surface area contributed by atoms with Crippen molar-refractivity contribution in [3.63, 3.8) is 0 Å². The van der Waals surface area contributed by atoms with Crippen molar-refractivity contribution in [3.8, 4) is 11.5 Å². The summed E-state index contributed by atoms with van der Waals surface area (Å²) in [6.45, 7) is 8.14. The van der Waals surface area contributed by atoms with Crippen LogP contribution in [0.2, 0.25) is 0 Å². The summed E-state index contributed by atoms with van der Waals surface area (Å²) in [5.41, 5.74) is 0.410. The first-order chi connectivity index (χ1) is 10.3. The monoisotopic (exact) mass is 308 g/mol. The molecule has 1 saturated heterocycles. The normalized spacial score (nSPS) is 15.6. The maximum absolute atomic E-state index is 12.0. The SMILES string of the molecule is COc1cc(O)cc(N2CCN(C(=O)OC(C)(C)C)CC2)c1. The Morgan fingerprint density at radius 3 is 2.32 bits per heavy atom. The topological polar surface area (TPSA) is 62.2 Å². The number of rotatable bonds is 2. The van der Waals surface area contributed by atoms with Crippen LogP contribution >= 0.6 is 0 Å². The number of piperazine rings is 1. The average molecular weight is 308 g/mol. The molecule has 1 aromatic carbocycles. The molecule has 6 heteroatoms. The molecule has 6 nitrogen and oxygen atoms in total. The van der Waals surface area contributed by atoms with Gasteiger partial charge in [0.2, 0.25) is 0 Å². The van der Waals surface area contributed by atoms with Crippen LogP contribution < -0.4 is 9.64 Å². The van der Waals surface area contributed by atoms with E-state index in [1.165, 1.54) is 0 Å². The highest BCUT2D eigenvalue weighted by Crippen LogP contribution is 2.28. The molecule has 0 atom stereocenters. The van der Waals surface area contributed by atoms with E-state index in [9.17, 15) is 9.90 Å². The number of phenolic OH excluding ortho intramolecular Hbond substituents is 1. The van der Waals surface area contributed by atoms with Gasteiger partial charge in [-0.15, -0.1) is 0 Å². The number of benzene rings is 1. The smallest absolute Gasteiger partial charge is 0.410 e. The van der Waals surface area contributed by atoms with Gasteiger partial charge in [0.05, 0.1) is 7.11 Å². The number of carbonyl (C=O) groups is 1. The molecule has 0 spiro atoms. The van der Waals surface area contributed by atoms with Crippen LogP contribution in [-0.2, 0) is 4.74 Å². The van der Waals surface area contributed by atoms with Crippen LogP contribution in [0, 0.1) is 0 Å². The lowest BCUT2D eigenvalue weighted by atomic mass is 10.2. The number of ether oxygens (including phenoxy) is 2. The Kier molecular flexibility index (Phi) is 4.68. The van der Waals surface area contributed by atoms with E-state index in [1.807, 2.05) is 26.8 Å². The van der Waals surface area contributed by atoms with Crippen LogP contribution in [0.4, 0.5) is 10.5 Å². The summed E-state index contributed by atoms with van der Waals surface area (Å²) in [5, 5.41) is 9.73. The minimum absolute atomic E-state index is 0.170. The highest BCUT2D eigenvalue weighted by Gasteiger charge is 2.26. The number of amides is 1. The number of carbonyl (C=O) groups excluding carboxylic acids is 1. The van der Waals surface area contributed by atoms with Gasteiger partial charge in [-0.2, -0.15) is 0 Å². The fourth-order valence-electron chi connectivity index (χ4n) is 2.34. The summed E-state index contributed by atoms with van der Waals surface area (Å²) in [7, 11) is 1.57. The second-order valence-electron chi connectivity index (χ2n) is 6.34. The molecule has 2 rings (SSSR count). The fraction of sp³-hybridized carbons (Fsp3) is 0.562. The first kappa shape index (κ1) is 16.3. The summed E-state index contributed by atoms with van der Waals surface area (Å²) in [6.07, 6.45) is -0.277. The number of anilines is 1. The third-order valence-electron chi connectivity index (χ3n) is 3.41. The van der Waals surface area contributed by atoms with E-state index in [0.717, 1.165) is 5.69 Å². The number of phenols is 1.